The van der Waals surface area contributed by atoms with Gasteiger partial charge in [-0.25, -0.2) is 14.0 Å². The van der Waals surface area contributed by atoms with Crippen molar-refractivity contribution in [3.63, 3.8) is 0 Å². The second kappa shape index (κ2) is 10.5. The van der Waals surface area contributed by atoms with Crippen LogP contribution in [0.25, 0.3) is 28.2 Å². The Morgan fingerprint density at radius 2 is 1.27 bits per heavy atom. The molecular weight excluding hydrogens is 502 g/mol. The normalized spacial score (nSPS) is 18.6. The van der Waals surface area contributed by atoms with E-state index in [0.717, 1.165) is 28.2 Å². The number of nitrogens with zero attached hydrogens (tertiary/aromatic N) is 9. The predicted octanol–water partition coefficient (Wildman–Crippen LogP) is 4.72. The van der Waals surface area contributed by atoms with Crippen LogP contribution < -0.4 is 0 Å². The number of hydrogen-bond donors (Lipinski definition) is 0. The summed E-state index contributed by atoms with van der Waals surface area (Å²) in [7, 11) is 0. The standard InChI is InChI=1S/C30H25N9O/c1-4-10-22(11-5-1)26-19-37(34-31-26)18-25-16-17-29(39-20-27(32-36-39)23-12-6-2-7-13-23)30(40-25)28-21-38(35-33-28)24-14-8-3-9-15-24/h1-17,19-21,25,29-30H,18H2/t25-,29+,30+/m0/s1. The lowest BCUT2D eigenvalue weighted by molar-refractivity contribution is -0.0332. The van der Waals surface area contributed by atoms with Gasteiger partial charge in [0, 0.05) is 11.1 Å². The summed E-state index contributed by atoms with van der Waals surface area (Å²) in [5.41, 5.74) is 5.24. The minimum absolute atomic E-state index is 0.259. The molecule has 0 amide bonds. The van der Waals surface area contributed by atoms with Crippen LogP contribution in [0.3, 0.4) is 0 Å². The molecular formula is C30H25N9O. The van der Waals surface area contributed by atoms with Crippen LogP contribution >= 0.6 is 0 Å². The Balaban J connectivity index is 1.18. The fourth-order valence-electron chi connectivity index (χ4n) is 4.82. The van der Waals surface area contributed by atoms with Gasteiger partial charge in [-0.3, -0.25) is 0 Å². The molecule has 4 heterocycles. The van der Waals surface area contributed by atoms with Crippen molar-refractivity contribution in [1.82, 2.24) is 45.0 Å². The Labute approximate surface area is 230 Å². The molecule has 3 aromatic carbocycles. The van der Waals surface area contributed by atoms with Crippen molar-refractivity contribution in [2.75, 3.05) is 0 Å². The molecule has 0 bridgehead atoms. The first-order valence-corrected chi connectivity index (χ1v) is 13.0. The van der Waals surface area contributed by atoms with Crippen molar-refractivity contribution in [3.05, 3.63) is 127 Å². The highest BCUT2D eigenvalue weighted by Crippen LogP contribution is 2.36. The summed E-state index contributed by atoms with van der Waals surface area (Å²) >= 11 is 0. The summed E-state index contributed by atoms with van der Waals surface area (Å²) in [5.74, 6) is 0. The second-order valence-corrected chi connectivity index (χ2v) is 9.54. The first-order valence-electron chi connectivity index (χ1n) is 13.0. The van der Waals surface area contributed by atoms with E-state index in [9.17, 15) is 0 Å². The van der Waals surface area contributed by atoms with Gasteiger partial charge in [-0.1, -0.05) is 107 Å². The molecule has 0 spiro atoms. The quantitative estimate of drug-likeness (QED) is 0.277. The van der Waals surface area contributed by atoms with Crippen LogP contribution in [0.5, 0.6) is 0 Å². The smallest absolute Gasteiger partial charge is 0.130 e. The highest BCUT2D eigenvalue weighted by molar-refractivity contribution is 5.57. The number of aromatic nitrogens is 9. The van der Waals surface area contributed by atoms with Crippen molar-refractivity contribution in [3.8, 4) is 28.2 Å². The molecule has 6 aromatic rings. The molecule has 196 valence electrons. The summed E-state index contributed by atoms with van der Waals surface area (Å²) in [6.07, 6.45) is 9.20. The summed E-state index contributed by atoms with van der Waals surface area (Å²) in [6.45, 7) is 0.499. The summed E-state index contributed by atoms with van der Waals surface area (Å²) in [5, 5.41) is 26.4. The zero-order valence-corrected chi connectivity index (χ0v) is 21.4. The zero-order valence-electron chi connectivity index (χ0n) is 21.4. The van der Waals surface area contributed by atoms with Crippen molar-refractivity contribution in [2.24, 2.45) is 0 Å². The molecule has 10 nitrogen and oxygen atoms in total. The van der Waals surface area contributed by atoms with Crippen LogP contribution in [-0.4, -0.2) is 51.1 Å². The van der Waals surface area contributed by atoms with Crippen LogP contribution in [0.4, 0.5) is 0 Å². The van der Waals surface area contributed by atoms with Crippen LogP contribution in [0.15, 0.2) is 122 Å². The monoisotopic (exact) mass is 527 g/mol. The third-order valence-corrected chi connectivity index (χ3v) is 6.84. The molecule has 1 aliphatic heterocycles. The average Bonchev–Trinajstić information content (AvgIpc) is 3.80. The highest BCUT2D eigenvalue weighted by Gasteiger charge is 2.33. The van der Waals surface area contributed by atoms with Crippen molar-refractivity contribution in [2.45, 2.75) is 24.8 Å². The average molecular weight is 528 g/mol. The second-order valence-electron chi connectivity index (χ2n) is 9.54. The third-order valence-electron chi connectivity index (χ3n) is 6.84. The van der Waals surface area contributed by atoms with Gasteiger partial charge >= 0.3 is 0 Å². The molecule has 3 aromatic heterocycles. The van der Waals surface area contributed by atoms with Crippen LogP contribution in [0, 0.1) is 0 Å². The lowest BCUT2D eigenvalue weighted by atomic mass is 10.0. The molecule has 40 heavy (non-hydrogen) atoms. The maximum absolute atomic E-state index is 6.64. The lowest BCUT2D eigenvalue weighted by Crippen LogP contribution is -2.30. The fraction of sp³-hybridized carbons (Fsp3) is 0.133. The first kappa shape index (κ1) is 23.9. The topological polar surface area (TPSA) is 101 Å². The summed E-state index contributed by atoms with van der Waals surface area (Å²) in [6, 6.07) is 29.6. The van der Waals surface area contributed by atoms with Crippen molar-refractivity contribution in [1.29, 1.82) is 0 Å². The molecule has 0 N–H and O–H groups in total. The fourth-order valence-corrected chi connectivity index (χ4v) is 4.82. The minimum Gasteiger partial charge on any atom is -0.360 e. The van der Waals surface area contributed by atoms with Crippen LogP contribution in [0.1, 0.15) is 17.8 Å². The SMILES string of the molecule is C1=C[C@@H](Cn2cc(-c3ccccc3)nn2)O[C@H](c2cn(-c3ccccc3)nn2)[C@@H]1n1cc(-c2ccccc2)nn1. The van der Waals surface area contributed by atoms with Crippen LogP contribution in [-0.2, 0) is 11.3 Å². The van der Waals surface area contributed by atoms with Gasteiger partial charge in [0.15, 0.2) is 0 Å². The first-order chi connectivity index (χ1) is 19.8. The van der Waals surface area contributed by atoms with E-state index in [0.29, 0.717) is 12.2 Å². The lowest BCUT2D eigenvalue weighted by Gasteiger charge is -2.31. The van der Waals surface area contributed by atoms with Gasteiger partial charge in [-0.15, -0.1) is 15.3 Å². The molecule has 1 aliphatic rings. The molecule has 0 saturated carbocycles. The van der Waals surface area contributed by atoms with E-state index in [-0.39, 0.29) is 12.1 Å². The Hall–Kier alpha value is -5.22. The summed E-state index contributed by atoms with van der Waals surface area (Å²) < 4.78 is 12.0. The Kier molecular flexibility index (Phi) is 6.27. The highest BCUT2D eigenvalue weighted by atomic mass is 16.5. The van der Waals surface area contributed by atoms with Gasteiger partial charge in [-0.05, 0) is 12.1 Å². The predicted molar refractivity (Wildman–Crippen MR) is 148 cm³/mol. The number of ether oxygens (including phenoxy) is 1. The number of hydrogen-bond acceptors (Lipinski definition) is 7. The van der Waals surface area contributed by atoms with Gasteiger partial charge in [0.25, 0.3) is 0 Å². The number of para-hydroxylation sites is 1. The molecule has 7 rings (SSSR count). The van der Waals surface area contributed by atoms with E-state index < -0.39 is 6.10 Å². The summed E-state index contributed by atoms with van der Waals surface area (Å²) in [4.78, 5) is 0. The van der Waals surface area contributed by atoms with E-state index in [4.69, 9.17) is 4.74 Å². The Morgan fingerprint density at radius 3 is 2.00 bits per heavy atom. The van der Waals surface area contributed by atoms with Gasteiger partial charge in [0.2, 0.25) is 0 Å². The van der Waals surface area contributed by atoms with Gasteiger partial charge in [0.05, 0.1) is 36.9 Å². The zero-order chi connectivity index (χ0) is 26.7. The van der Waals surface area contributed by atoms with Gasteiger partial charge in [-0.2, -0.15) is 0 Å². The molecule has 3 atom stereocenters. The maximum Gasteiger partial charge on any atom is 0.130 e. The van der Waals surface area contributed by atoms with E-state index in [1.807, 2.05) is 120 Å². The van der Waals surface area contributed by atoms with E-state index in [1.165, 1.54) is 0 Å². The van der Waals surface area contributed by atoms with E-state index in [1.54, 1.807) is 9.36 Å². The van der Waals surface area contributed by atoms with Crippen molar-refractivity contribution < 1.29 is 4.74 Å². The van der Waals surface area contributed by atoms with Crippen LogP contribution in [0.2, 0.25) is 0 Å². The third kappa shape index (κ3) is 4.83. The Bertz CT molecular complexity index is 1720. The molecule has 0 unspecified atom stereocenters. The Morgan fingerprint density at radius 1 is 0.625 bits per heavy atom. The molecule has 0 radical (unpaired) electrons. The maximum atomic E-state index is 6.64. The van der Waals surface area contributed by atoms with E-state index >= 15 is 0 Å². The van der Waals surface area contributed by atoms with Crippen molar-refractivity contribution >= 4 is 0 Å². The van der Waals surface area contributed by atoms with E-state index in [2.05, 4.69) is 37.0 Å². The number of rotatable bonds is 7. The molecule has 10 heteroatoms. The van der Waals surface area contributed by atoms with Gasteiger partial charge < -0.3 is 4.74 Å². The number of benzene rings is 3. The van der Waals surface area contributed by atoms with Gasteiger partial charge in [0.1, 0.15) is 29.2 Å². The minimum atomic E-state index is -0.449. The molecule has 0 fully saturated rings. The molecule has 0 saturated heterocycles. The molecule has 0 aliphatic carbocycles. The largest absolute Gasteiger partial charge is 0.360 e.